The van der Waals surface area contributed by atoms with Gasteiger partial charge in [-0.3, -0.25) is 9.69 Å². The summed E-state index contributed by atoms with van der Waals surface area (Å²) in [4.78, 5) is 17.0. The molecule has 1 aliphatic rings. The molecule has 1 heterocycles. The Labute approximate surface area is 118 Å². The fourth-order valence-electron chi connectivity index (χ4n) is 2.93. The number of rotatable bonds is 4. The molecule has 112 valence electrons. The molecule has 1 amide bonds. The summed E-state index contributed by atoms with van der Waals surface area (Å²) in [5.41, 5.74) is 5.97. The summed E-state index contributed by atoms with van der Waals surface area (Å²) in [6.07, 6.45) is 0.866. The lowest BCUT2D eigenvalue weighted by Crippen LogP contribution is -2.55. The van der Waals surface area contributed by atoms with E-state index in [0.717, 1.165) is 32.6 Å². The smallest absolute Gasteiger partial charge is 0.227 e. The Morgan fingerprint density at radius 2 is 2.00 bits per heavy atom. The van der Waals surface area contributed by atoms with Gasteiger partial charge in [-0.25, -0.2) is 0 Å². The Bertz CT molecular complexity index is 298. The van der Waals surface area contributed by atoms with Crippen LogP contribution in [-0.4, -0.2) is 54.5 Å². The Kier molecular flexibility index (Phi) is 5.81. The molecule has 2 unspecified atom stereocenters. The standard InChI is InChI=1S/C15H31N3O/c1-6-17-7-8-18(11-12(17)2)14(19)13(10-16)9-15(3,4)5/h12-13H,6-11,16H2,1-5H3. The molecular formula is C15H31N3O. The van der Waals surface area contributed by atoms with Crippen LogP contribution in [0.5, 0.6) is 0 Å². The molecular weight excluding hydrogens is 238 g/mol. The van der Waals surface area contributed by atoms with Gasteiger partial charge in [-0.05, 0) is 25.3 Å². The van der Waals surface area contributed by atoms with E-state index in [4.69, 9.17) is 5.73 Å². The van der Waals surface area contributed by atoms with Gasteiger partial charge in [0.25, 0.3) is 0 Å². The van der Waals surface area contributed by atoms with Crippen molar-refractivity contribution in [2.75, 3.05) is 32.7 Å². The van der Waals surface area contributed by atoms with E-state index in [2.05, 4.69) is 39.5 Å². The Balaban J connectivity index is 2.61. The highest BCUT2D eigenvalue weighted by atomic mass is 16.2. The van der Waals surface area contributed by atoms with Gasteiger partial charge in [0, 0.05) is 32.2 Å². The number of carbonyl (C=O) groups excluding carboxylic acids is 1. The lowest BCUT2D eigenvalue weighted by molar-refractivity contribution is -0.139. The number of likely N-dealkylation sites (N-methyl/N-ethyl adjacent to an activating group) is 1. The van der Waals surface area contributed by atoms with Crippen LogP contribution in [-0.2, 0) is 4.79 Å². The van der Waals surface area contributed by atoms with Gasteiger partial charge in [-0.1, -0.05) is 27.7 Å². The highest BCUT2D eigenvalue weighted by Gasteiger charge is 2.31. The van der Waals surface area contributed by atoms with Gasteiger partial charge < -0.3 is 10.6 Å². The van der Waals surface area contributed by atoms with Gasteiger partial charge in [0.05, 0.1) is 5.92 Å². The lowest BCUT2D eigenvalue weighted by atomic mass is 9.84. The second-order valence-corrected chi connectivity index (χ2v) is 6.96. The number of hydrogen-bond acceptors (Lipinski definition) is 3. The summed E-state index contributed by atoms with van der Waals surface area (Å²) in [7, 11) is 0. The van der Waals surface area contributed by atoms with Gasteiger partial charge in [-0.2, -0.15) is 0 Å². The molecule has 4 heteroatoms. The highest BCUT2D eigenvalue weighted by Crippen LogP contribution is 2.25. The maximum absolute atomic E-state index is 12.6. The van der Waals surface area contributed by atoms with Crippen molar-refractivity contribution in [3.63, 3.8) is 0 Å². The van der Waals surface area contributed by atoms with Crippen molar-refractivity contribution in [1.29, 1.82) is 0 Å². The number of piperazine rings is 1. The van der Waals surface area contributed by atoms with Gasteiger partial charge in [0.2, 0.25) is 5.91 Å². The summed E-state index contributed by atoms with van der Waals surface area (Å²) >= 11 is 0. The zero-order valence-electron chi connectivity index (χ0n) is 13.3. The number of nitrogens with zero attached hydrogens (tertiary/aromatic N) is 2. The van der Waals surface area contributed by atoms with Crippen molar-refractivity contribution >= 4 is 5.91 Å². The summed E-state index contributed by atoms with van der Waals surface area (Å²) in [6.45, 7) is 15.1. The molecule has 2 N–H and O–H groups in total. The molecule has 0 saturated carbocycles. The van der Waals surface area contributed by atoms with Crippen LogP contribution < -0.4 is 5.73 Å². The van der Waals surface area contributed by atoms with Crippen molar-refractivity contribution in [2.45, 2.75) is 47.1 Å². The molecule has 0 aromatic carbocycles. The molecule has 0 aliphatic carbocycles. The topological polar surface area (TPSA) is 49.6 Å². The first-order valence-electron chi connectivity index (χ1n) is 7.51. The zero-order valence-corrected chi connectivity index (χ0v) is 13.3. The molecule has 1 aliphatic heterocycles. The normalized spacial score (nSPS) is 23.5. The first-order chi connectivity index (χ1) is 8.78. The van der Waals surface area contributed by atoms with E-state index in [1.165, 1.54) is 0 Å². The first-order valence-corrected chi connectivity index (χ1v) is 7.51. The van der Waals surface area contributed by atoms with Crippen molar-refractivity contribution in [2.24, 2.45) is 17.1 Å². The molecule has 1 rings (SSSR count). The minimum atomic E-state index is -0.0274. The molecule has 0 aromatic heterocycles. The fraction of sp³-hybridized carbons (Fsp3) is 0.933. The molecule has 19 heavy (non-hydrogen) atoms. The molecule has 0 spiro atoms. The average molecular weight is 269 g/mol. The van der Waals surface area contributed by atoms with Crippen LogP contribution in [0.1, 0.15) is 41.0 Å². The van der Waals surface area contributed by atoms with E-state index in [-0.39, 0.29) is 17.2 Å². The Hall–Kier alpha value is -0.610. The monoisotopic (exact) mass is 269 g/mol. The Morgan fingerprint density at radius 3 is 2.42 bits per heavy atom. The molecule has 1 saturated heterocycles. The van der Waals surface area contributed by atoms with E-state index in [0.29, 0.717) is 12.6 Å². The third-order valence-electron chi connectivity index (χ3n) is 3.98. The fourth-order valence-corrected chi connectivity index (χ4v) is 2.93. The van der Waals surface area contributed by atoms with Gasteiger partial charge in [0.1, 0.15) is 0 Å². The van der Waals surface area contributed by atoms with Crippen molar-refractivity contribution in [3.05, 3.63) is 0 Å². The summed E-state index contributed by atoms with van der Waals surface area (Å²) in [5.74, 6) is 0.223. The predicted molar refractivity (Wildman–Crippen MR) is 79.9 cm³/mol. The van der Waals surface area contributed by atoms with Gasteiger partial charge >= 0.3 is 0 Å². The number of amides is 1. The number of hydrogen-bond donors (Lipinski definition) is 1. The second-order valence-electron chi connectivity index (χ2n) is 6.96. The summed E-state index contributed by atoms with van der Waals surface area (Å²) in [6, 6.07) is 0.454. The summed E-state index contributed by atoms with van der Waals surface area (Å²) < 4.78 is 0. The molecule has 1 fully saturated rings. The molecule has 2 atom stereocenters. The zero-order chi connectivity index (χ0) is 14.6. The van der Waals surface area contributed by atoms with Crippen molar-refractivity contribution in [1.82, 2.24) is 9.80 Å². The lowest BCUT2D eigenvalue weighted by Gasteiger charge is -2.41. The third kappa shape index (κ3) is 4.77. The van der Waals surface area contributed by atoms with Crippen molar-refractivity contribution in [3.8, 4) is 0 Å². The number of nitrogens with two attached hydrogens (primary N) is 1. The van der Waals surface area contributed by atoms with E-state index in [1.54, 1.807) is 0 Å². The molecule has 0 radical (unpaired) electrons. The molecule has 0 aromatic rings. The maximum atomic E-state index is 12.6. The highest BCUT2D eigenvalue weighted by molar-refractivity contribution is 5.79. The average Bonchev–Trinajstić information content (AvgIpc) is 2.34. The van der Waals surface area contributed by atoms with E-state index in [9.17, 15) is 4.79 Å². The largest absolute Gasteiger partial charge is 0.340 e. The van der Waals surface area contributed by atoms with Crippen LogP contribution in [0.15, 0.2) is 0 Å². The van der Waals surface area contributed by atoms with Crippen LogP contribution in [0.25, 0.3) is 0 Å². The summed E-state index contributed by atoms with van der Waals surface area (Å²) in [5, 5.41) is 0. The predicted octanol–water partition coefficient (Wildman–Crippen LogP) is 1.55. The minimum Gasteiger partial charge on any atom is -0.340 e. The van der Waals surface area contributed by atoms with Crippen molar-refractivity contribution < 1.29 is 4.79 Å². The van der Waals surface area contributed by atoms with Gasteiger partial charge in [0.15, 0.2) is 0 Å². The quantitative estimate of drug-likeness (QED) is 0.842. The van der Waals surface area contributed by atoms with E-state index >= 15 is 0 Å². The Morgan fingerprint density at radius 1 is 1.37 bits per heavy atom. The minimum absolute atomic E-state index is 0.0274. The first kappa shape index (κ1) is 16.4. The second kappa shape index (κ2) is 6.71. The SMILES string of the molecule is CCN1CCN(C(=O)C(CN)CC(C)(C)C)CC1C. The molecule has 4 nitrogen and oxygen atoms in total. The van der Waals surface area contributed by atoms with Crippen LogP contribution >= 0.6 is 0 Å². The molecule has 0 bridgehead atoms. The van der Waals surface area contributed by atoms with Crippen LogP contribution in [0.4, 0.5) is 0 Å². The third-order valence-corrected chi connectivity index (χ3v) is 3.98. The van der Waals surface area contributed by atoms with E-state index < -0.39 is 0 Å². The van der Waals surface area contributed by atoms with Crippen LogP contribution in [0.3, 0.4) is 0 Å². The maximum Gasteiger partial charge on any atom is 0.227 e. The van der Waals surface area contributed by atoms with E-state index in [1.807, 2.05) is 4.90 Å². The van der Waals surface area contributed by atoms with Gasteiger partial charge in [-0.15, -0.1) is 0 Å². The van der Waals surface area contributed by atoms with Crippen LogP contribution in [0, 0.1) is 11.3 Å². The van der Waals surface area contributed by atoms with Crippen LogP contribution in [0.2, 0.25) is 0 Å². The number of carbonyl (C=O) groups is 1.